The maximum atomic E-state index is 12.1. The number of esters is 1. The van der Waals surface area contributed by atoms with E-state index in [2.05, 4.69) is 0 Å². The number of hydrogen-bond acceptors (Lipinski definition) is 5. The lowest BCUT2D eigenvalue weighted by molar-refractivity contribution is -0.145. The van der Waals surface area contributed by atoms with Gasteiger partial charge in [0.2, 0.25) is 0 Å². The lowest BCUT2D eigenvalue weighted by atomic mass is 10.1. The van der Waals surface area contributed by atoms with Crippen molar-refractivity contribution in [3.05, 3.63) is 64.7 Å². The molecule has 1 aliphatic heterocycles. The molecule has 3 rings (SSSR count). The van der Waals surface area contributed by atoms with Crippen LogP contribution in [0, 0.1) is 0 Å². The highest BCUT2D eigenvalue weighted by molar-refractivity contribution is 7.99. The Morgan fingerprint density at radius 1 is 1.00 bits per heavy atom. The first-order chi connectivity index (χ1) is 12.1. The van der Waals surface area contributed by atoms with Crippen LogP contribution in [0.3, 0.4) is 0 Å². The van der Waals surface area contributed by atoms with Crippen molar-refractivity contribution in [3.63, 3.8) is 0 Å². The SMILES string of the molecule is O=C(CCSc1ccc(Cl)cc1)OCN1C(=O)c2ccccc2C1=O. The number of benzene rings is 2. The highest BCUT2D eigenvalue weighted by Gasteiger charge is 2.35. The third-order valence-electron chi connectivity index (χ3n) is 3.62. The van der Waals surface area contributed by atoms with Crippen LogP contribution in [0.2, 0.25) is 5.02 Å². The van der Waals surface area contributed by atoms with Crippen molar-refractivity contribution in [2.24, 2.45) is 0 Å². The summed E-state index contributed by atoms with van der Waals surface area (Å²) >= 11 is 7.31. The molecule has 0 atom stereocenters. The van der Waals surface area contributed by atoms with Crippen LogP contribution >= 0.6 is 23.4 Å². The molecule has 0 fully saturated rings. The van der Waals surface area contributed by atoms with Gasteiger partial charge in [-0.2, -0.15) is 0 Å². The summed E-state index contributed by atoms with van der Waals surface area (Å²) in [6, 6.07) is 13.9. The Morgan fingerprint density at radius 3 is 2.20 bits per heavy atom. The average Bonchev–Trinajstić information content (AvgIpc) is 2.86. The summed E-state index contributed by atoms with van der Waals surface area (Å²) in [7, 11) is 0. The summed E-state index contributed by atoms with van der Waals surface area (Å²) in [4.78, 5) is 38.1. The average molecular weight is 376 g/mol. The smallest absolute Gasteiger partial charge is 0.308 e. The molecule has 1 heterocycles. The van der Waals surface area contributed by atoms with Crippen LogP contribution in [0.15, 0.2) is 53.4 Å². The number of hydrogen-bond donors (Lipinski definition) is 0. The molecule has 0 bridgehead atoms. The third-order valence-corrected chi connectivity index (χ3v) is 4.89. The Labute approximate surface area is 153 Å². The molecular formula is C18H14ClNO4S. The molecule has 0 saturated carbocycles. The number of halogens is 1. The Kier molecular flexibility index (Phi) is 5.40. The first-order valence-corrected chi connectivity index (χ1v) is 8.92. The van der Waals surface area contributed by atoms with Gasteiger partial charge in [0.25, 0.3) is 11.8 Å². The molecule has 2 aromatic rings. The lowest BCUT2D eigenvalue weighted by Gasteiger charge is -2.13. The van der Waals surface area contributed by atoms with Crippen LogP contribution in [0.4, 0.5) is 0 Å². The molecule has 0 unspecified atom stereocenters. The molecule has 0 radical (unpaired) electrons. The summed E-state index contributed by atoms with van der Waals surface area (Å²) in [5.41, 5.74) is 0.670. The van der Waals surface area contributed by atoms with Gasteiger partial charge in [0.15, 0.2) is 6.73 Å². The minimum atomic E-state index is -0.460. The second kappa shape index (κ2) is 7.72. The first-order valence-electron chi connectivity index (χ1n) is 7.55. The summed E-state index contributed by atoms with van der Waals surface area (Å²) in [5.74, 6) is -0.811. The predicted molar refractivity (Wildman–Crippen MR) is 94.7 cm³/mol. The Morgan fingerprint density at radius 2 is 1.60 bits per heavy atom. The molecule has 7 heteroatoms. The second-order valence-electron chi connectivity index (χ2n) is 5.28. The van der Waals surface area contributed by atoms with Crippen molar-refractivity contribution in [1.29, 1.82) is 0 Å². The van der Waals surface area contributed by atoms with Crippen LogP contribution in [0.25, 0.3) is 0 Å². The zero-order valence-electron chi connectivity index (χ0n) is 13.1. The molecule has 0 N–H and O–H groups in total. The number of fused-ring (bicyclic) bond motifs is 1. The molecule has 2 aromatic carbocycles. The molecule has 1 aliphatic rings. The van der Waals surface area contributed by atoms with Crippen LogP contribution in [0.1, 0.15) is 27.1 Å². The number of ether oxygens (including phenoxy) is 1. The van der Waals surface area contributed by atoms with Gasteiger partial charge < -0.3 is 4.74 Å². The summed E-state index contributed by atoms with van der Waals surface area (Å²) in [6.07, 6.45) is 0.177. The van der Waals surface area contributed by atoms with E-state index in [9.17, 15) is 14.4 Å². The Balaban J connectivity index is 1.46. The number of imide groups is 1. The van der Waals surface area contributed by atoms with Crippen molar-refractivity contribution < 1.29 is 19.1 Å². The van der Waals surface area contributed by atoms with Gasteiger partial charge in [0.1, 0.15) is 0 Å². The van der Waals surface area contributed by atoms with E-state index in [1.54, 1.807) is 36.4 Å². The standard InChI is InChI=1S/C18H14ClNO4S/c19-12-5-7-13(8-6-12)25-10-9-16(21)24-11-20-17(22)14-3-1-2-4-15(14)18(20)23/h1-8H,9-11H2. The molecule has 0 spiro atoms. The number of nitrogens with zero attached hydrogens (tertiary/aromatic N) is 1. The van der Waals surface area contributed by atoms with E-state index in [-0.39, 0.29) is 13.2 Å². The Hall–Kier alpha value is -2.31. The topological polar surface area (TPSA) is 63.7 Å². The molecule has 128 valence electrons. The predicted octanol–water partition coefficient (Wildman–Crippen LogP) is 3.62. The van der Waals surface area contributed by atoms with E-state index < -0.39 is 17.8 Å². The fraction of sp³-hybridized carbons (Fsp3) is 0.167. The second-order valence-corrected chi connectivity index (χ2v) is 6.89. The molecule has 2 amide bonds. The molecule has 0 saturated heterocycles. The van der Waals surface area contributed by atoms with E-state index >= 15 is 0 Å². The van der Waals surface area contributed by atoms with E-state index in [4.69, 9.17) is 16.3 Å². The highest BCUT2D eigenvalue weighted by Crippen LogP contribution is 2.23. The van der Waals surface area contributed by atoms with Gasteiger partial charge in [0, 0.05) is 15.7 Å². The van der Waals surface area contributed by atoms with Crippen LogP contribution in [0.5, 0.6) is 0 Å². The molecular weight excluding hydrogens is 362 g/mol. The van der Waals surface area contributed by atoms with Crippen LogP contribution in [-0.4, -0.2) is 35.2 Å². The maximum Gasteiger partial charge on any atom is 0.308 e. The fourth-order valence-corrected chi connectivity index (χ4v) is 3.31. The van der Waals surface area contributed by atoms with Gasteiger partial charge in [0.05, 0.1) is 17.5 Å². The van der Waals surface area contributed by atoms with Crippen LogP contribution in [-0.2, 0) is 9.53 Å². The van der Waals surface area contributed by atoms with Crippen molar-refractivity contribution >= 4 is 41.1 Å². The monoisotopic (exact) mass is 375 g/mol. The molecule has 25 heavy (non-hydrogen) atoms. The largest absolute Gasteiger partial charge is 0.444 e. The highest BCUT2D eigenvalue weighted by atomic mass is 35.5. The van der Waals surface area contributed by atoms with E-state index in [0.29, 0.717) is 21.9 Å². The van der Waals surface area contributed by atoms with Gasteiger partial charge in [-0.15, -0.1) is 11.8 Å². The summed E-state index contributed by atoms with van der Waals surface area (Å²) < 4.78 is 5.07. The molecule has 0 aromatic heterocycles. The van der Waals surface area contributed by atoms with Gasteiger partial charge in [-0.3, -0.25) is 14.4 Å². The van der Waals surface area contributed by atoms with Gasteiger partial charge in [-0.1, -0.05) is 23.7 Å². The normalized spacial score (nSPS) is 13.1. The van der Waals surface area contributed by atoms with Crippen molar-refractivity contribution in [1.82, 2.24) is 4.90 Å². The van der Waals surface area contributed by atoms with Gasteiger partial charge in [-0.25, -0.2) is 4.90 Å². The van der Waals surface area contributed by atoms with E-state index in [1.807, 2.05) is 12.1 Å². The van der Waals surface area contributed by atoms with Gasteiger partial charge >= 0.3 is 5.97 Å². The van der Waals surface area contributed by atoms with Crippen LogP contribution < -0.4 is 0 Å². The number of amides is 2. The maximum absolute atomic E-state index is 12.1. The number of carbonyl (C=O) groups is 3. The quantitative estimate of drug-likeness (QED) is 0.438. The third kappa shape index (κ3) is 4.03. The number of rotatable bonds is 6. The number of carbonyl (C=O) groups excluding carboxylic acids is 3. The summed E-state index contributed by atoms with van der Waals surface area (Å²) in [5, 5.41) is 0.657. The van der Waals surface area contributed by atoms with Crippen molar-refractivity contribution in [2.75, 3.05) is 12.5 Å². The van der Waals surface area contributed by atoms with Crippen molar-refractivity contribution in [3.8, 4) is 0 Å². The lowest BCUT2D eigenvalue weighted by Crippen LogP contribution is -2.33. The van der Waals surface area contributed by atoms with E-state index in [1.165, 1.54) is 11.8 Å². The fourth-order valence-electron chi connectivity index (χ4n) is 2.35. The van der Waals surface area contributed by atoms with Gasteiger partial charge in [-0.05, 0) is 36.4 Å². The summed E-state index contributed by atoms with van der Waals surface area (Å²) in [6.45, 7) is -0.364. The molecule has 0 aliphatic carbocycles. The minimum Gasteiger partial charge on any atom is -0.444 e. The zero-order chi connectivity index (χ0) is 17.8. The van der Waals surface area contributed by atoms with E-state index in [0.717, 1.165) is 9.80 Å². The van der Waals surface area contributed by atoms with Crippen molar-refractivity contribution in [2.45, 2.75) is 11.3 Å². The first kappa shape index (κ1) is 17.5. The molecule has 5 nitrogen and oxygen atoms in total. The Bertz CT molecular complexity index is 787. The number of thioether (sulfide) groups is 1. The minimum absolute atomic E-state index is 0.177. The zero-order valence-corrected chi connectivity index (χ0v) is 14.7.